The molecule has 0 aliphatic heterocycles. The molecule has 0 saturated carbocycles. The summed E-state index contributed by atoms with van der Waals surface area (Å²) < 4.78 is 41.8. The minimum absolute atomic E-state index is 0.244. The topological polar surface area (TPSA) is 64.0 Å². The van der Waals surface area contributed by atoms with E-state index in [1.807, 2.05) is 19.9 Å². The molecule has 1 aromatic carbocycles. The lowest BCUT2D eigenvalue weighted by Crippen LogP contribution is -2.36. The molecule has 7 heteroatoms. The van der Waals surface area contributed by atoms with E-state index in [0.29, 0.717) is 12.1 Å². The van der Waals surface area contributed by atoms with Gasteiger partial charge in [-0.25, -0.2) is 17.5 Å². The molecule has 0 radical (unpaired) electrons. The first-order valence-electron chi connectivity index (χ1n) is 7.01. The number of nitrogens with one attached hydrogen (secondary N) is 1. The van der Waals surface area contributed by atoms with Crippen LogP contribution in [0.15, 0.2) is 30.3 Å². The number of benzene rings is 1. The SMILES string of the molecule is Cc1cc(C)n(C[C@@H](C)NS(=O)(=O)Cc2cccc(F)c2)n1. The molecule has 0 saturated heterocycles. The minimum atomic E-state index is -3.53. The van der Waals surface area contributed by atoms with Crippen molar-refractivity contribution in [2.75, 3.05) is 0 Å². The quantitative estimate of drug-likeness (QED) is 0.885. The Bertz CT molecular complexity index is 756. The molecule has 0 spiro atoms. The highest BCUT2D eigenvalue weighted by Gasteiger charge is 2.17. The van der Waals surface area contributed by atoms with Crippen molar-refractivity contribution < 1.29 is 12.8 Å². The monoisotopic (exact) mass is 325 g/mol. The zero-order chi connectivity index (χ0) is 16.3. The number of sulfonamides is 1. The number of rotatable bonds is 6. The van der Waals surface area contributed by atoms with Crippen LogP contribution in [0, 0.1) is 19.7 Å². The molecule has 0 fully saturated rings. The molecule has 1 atom stereocenters. The first kappa shape index (κ1) is 16.6. The fraction of sp³-hybridized carbons (Fsp3) is 0.400. The summed E-state index contributed by atoms with van der Waals surface area (Å²) in [6, 6.07) is 7.23. The fourth-order valence-corrected chi connectivity index (χ4v) is 3.74. The average molecular weight is 325 g/mol. The normalized spacial score (nSPS) is 13.3. The molecular formula is C15H20FN3O2S. The summed E-state index contributed by atoms with van der Waals surface area (Å²) in [4.78, 5) is 0. The summed E-state index contributed by atoms with van der Waals surface area (Å²) in [5.41, 5.74) is 2.30. The predicted octanol–water partition coefficient (Wildman–Crippen LogP) is 2.15. The number of halogens is 1. The van der Waals surface area contributed by atoms with Crippen LogP contribution >= 0.6 is 0 Å². The lowest BCUT2D eigenvalue weighted by molar-refractivity contribution is 0.485. The number of aryl methyl sites for hydroxylation is 2. The van der Waals surface area contributed by atoms with Crippen molar-refractivity contribution in [3.8, 4) is 0 Å². The largest absolute Gasteiger partial charge is 0.268 e. The molecule has 0 unspecified atom stereocenters. The smallest absolute Gasteiger partial charge is 0.216 e. The summed E-state index contributed by atoms with van der Waals surface area (Å²) in [6.07, 6.45) is 0. The maximum atomic E-state index is 13.1. The van der Waals surface area contributed by atoms with Gasteiger partial charge in [-0.05, 0) is 44.5 Å². The van der Waals surface area contributed by atoms with Crippen LogP contribution in [-0.2, 0) is 22.3 Å². The Labute approximate surface area is 130 Å². The highest BCUT2D eigenvalue weighted by molar-refractivity contribution is 7.88. The third-order valence-corrected chi connectivity index (χ3v) is 4.65. The van der Waals surface area contributed by atoms with Gasteiger partial charge in [0.25, 0.3) is 0 Å². The van der Waals surface area contributed by atoms with Gasteiger partial charge in [0, 0.05) is 11.7 Å². The molecule has 22 heavy (non-hydrogen) atoms. The Morgan fingerprint density at radius 1 is 1.32 bits per heavy atom. The highest BCUT2D eigenvalue weighted by atomic mass is 32.2. The Balaban J connectivity index is 2.00. The molecule has 0 bridgehead atoms. The summed E-state index contributed by atoms with van der Waals surface area (Å²) in [5, 5.41) is 4.31. The molecule has 5 nitrogen and oxygen atoms in total. The lowest BCUT2D eigenvalue weighted by atomic mass is 10.2. The molecule has 1 heterocycles. The van der Waals surface area contributed by atoms with Crippen molar-refractivity contribution >= 4 is 10.0 Å². The summed E-state index contributed by atoms with van der Waals surface area (Å²) in [5.74, 6) is -0.685. The van der Waals surface area contributed by atoms with Gasteiger partial charge in [-0.3, -0.25) is 4.68 Å². The van der Waals surface area contributed by atoms with E-state index in [1.54, 1.807) is 17.7 Å². The van der Waals surface area contributed by atoms with E-state index in [4.69, 9.17) is 0 Å². The van der Waals surface area contributed by atoms with Crippen LogP contribution in [0.4, 0.5) is 4.39 Å². The second kappa shape index (κ2) is 6.58. The molecule has 0 aliphatic carbocycles. The van der Waals surface area contributed by atoms with Crippen molar-refractivity contribution in [1.82, 2.24) is 14.5 Å². The van der Waals surface area contributed by atoms with Gasteiger partial charge in [-0.2, -0.15) is 5.10 Å². The first-order valence-corrected chi connectivity index (χ1v) is 8.66. The number of aromatic nitrogens is 2. The van der Waals surface area contributed by atoms with Gasteiger partial charge in [0.2, 0.25) is 10.0 Å². The maximum Gasteiger partial charge on any atom is 0.216 e. The summed E-state index contributed by atoms with van der Waals surface area (Å²) >= 11 is 0. The van der Waals surface area contributed by atoms with E-state index in [-0.39, 0.29) is 11.8 Å². The third kappa shape index (κ3) is 4.64. The van der Waals surface area contributed by atoms with Gasteiger partial charge >= 0.3 is 0 Å². The van der Waals surface area contributed by atoms with Gasteiger partial charge in [-0.1, -0.05) is 12.1 Å². The Morgan fingerprint density at radius 3 is 2.64 bits per heavy atom. The van der Waals surface area contributed by atoms with Gasteiger partial charge < -0.3 is 0 Å². The van der Waals surface area contributed by atoms with E-state index >= 15 is 0 Å². The molecule has 1 aromatic heterocycles. The van der Waals surface area contributed by atoms with E-state index in [1.165, 1.54) is 18.2 Å². The van der Waals surface area contributed by atoms with Gasteiger partial charge in [-0.15, -0.1) is 0 Å². The van der Waals surface area contributed by atoms with Crippen molar-refractivity contribution in [2.24, 2.45) is 0 Å². The third-order valence-electron chi connectivity index (χ3n) is 3.18. The van der Waals surface area contributed by atoms with Crippen molar-refractivity contribution in [3.05, 3.63) is 53.1 Å². The van der Waals surface area contributed by atoms with Gasteiger partial charge in [0.15, 0.2) is 0 Å². The molecule has 2 aromatic rings. The molecular weight excluding hydrogens is 305 g/mol. The predicted molar refractivity (Wildman–Crippen MR) is 83.3 cm³/mol. The fourth-order valence-electron chi connectivity index (χ4n) is 2.35. The van der Waals surface area contributed by atoms with E-state index in [2.05, 4.69) is 9.82 Å². The van der Waals surface area contributed by atoms with E-state index < -0.39 is 15.8 Å². The zero-order valence-corrected chi connectivity index (χ0v) is 13.7. The number of hydrogen-bond donors (Lipinski definition) is 1. The van der Waals surface area contributed by atoms with Gasteiger partial charge in [0.05, 0.1) is 18.0 Å². The first-order chi connectivity index (χ1) is 10.2. The van der Waals surface area contributed by atoms with E-state index in [0.717, 1.165) is 11.4 Å². The summed E-state index contributed by atoms with van der Waals surface area (Å²) in [7, 11) is -3.53. The molecule has 1 N–H and O–H groups in total. The van der Waals surface area contributed by atoms with Crippen LogP contribution in [0.2, 0.25) is 0 Å². The number of hydrogen-bond acceptors (Lipinski definition) is 3. The van der Waals surface area contributed by atoms with Crippen molar-refractivity contribution in [2.45, 2.75) is 39.1 Å². The van der Waals surface area contributed by atoms with Crippen LogP contribution < -0.4 is 4.72 Å². The molecule has 0 amide bonds. The Kier molecular flexibility index (Phi) is 4.97. The van der Waals surface area contributed by atoms with E-state index in [9.17, 15) is 12.8 Å². The summed E-state index contributed by atoms with van der Waals surface area (Å²) in [6.45, 7) is 6.04. The van der Waals surface area contributed by atoms with Crippen LogP contribution in [0.25, 0.3) is 0 Å². The number of nitrogens with zero attached hydrogens (tertiary/aromatic N) is 2. The second-order valence-corrected chi connectivity index (χ2v) is 7.27. The van der Waals surface area contributed by atoms with Crippen LogP contribution in [0.1, 0.15) is 23.9 Å². The van der Waals surface area contributed by atoms with Crippen molar-refractivity contribution in [3.63, 3.8) is 0 Å². The minimum Gasteiger partial charge on any atom is -0.268 e. The Hall–Kier alpha value is -1.73. The molecule has 0 aliphatic rings. The van der Waals surface area contributed by atoms with Gasteiger partial charge in [0.1, 0.15) is 5.82 Å². The van der Waals surface area contributed by atoms with Crippen LogP contribution in [0.3, 0.4) is 0 Å². The molecule has 2 rings (SSSR count). The van der Waals surface area contributed by atoms with Crippen LogP contribution in [-0.4, -0.2) is 24.2 Å². The Morgan fingerprint density at radius 2 is 2.05 bits per heavy atom. The molecule has 120 valence electrons. The lowest BCUT2D eigenvalue weighted by Gasteiger charge is -2.15. The van der Waals surface area contributed by atoms with Crippen LogP contribution in [0.5, 0.6) is 0 Å². The average Bonchev–Trinajstić information content (AvgIpc) is 2.65. The highest BCUT2D eigenvalue weighted by Crippen LogP contribution is 2.09. The maximum absolute atomic E-state index is 13.1. The second-order valence-electron chi connectivity index (χ2n) is 5.52. The van der Waals surface area contributed by atoms with Crippen molar-refractivity contribution in [1.29, 1.82) is 0 Å². The standard InChI is InChI=1S/C15H20FN3O2S/c1-11-7-13(3)19(17-11)9-12(2)18-22(20,21)10-14-5-4-6-15(16)8-14/h4-8,12,18H,9-10H2,1-3H3/t12-/m1/s1. The zero-order valence-electron chi connectivity index (χ0n) is 12.9.